The smallest absolute Gasteiger partial charge is 0.350 e. The minimum absolute atomic E-state index is 0.184. The van der Waals surface area contributed by atoms with E-state index in [1.54, 1.807) is 30.3 Å². The van der Waals surface area contributed by atoms with Crippen LogP contribution in [0.2, 0.25) is 0 Å². The number of carbonyl (C=O) groups is 2. The fourth-order valence-electron chi connectivity index (χ4n) is 5.29. The van der Waals surface area contributed by atoms with Crippen molar-refractivity contribution in [2.24, 2.45) is 11.8 Å². The van der Waals surface area contributed by atoms with E-state index in [1.165, 1.54) is 32.7 Å². The van der Waals surface area contributed by atoms with Gasteiger partial charge in [-0.15, -0.1) is 0 Å². The van der Waals surface area contributed by atoms with Crippen LogP contribution in [0.5, 0.6) is 11.5 Å². The SMILES string of the molecule is COc1ccc(NN(C=C2C(=O)OC(C)(C)OC2=O)[C@@H](c2ccc(CC(C)C)cc2)[C@H](CO)Cc2ccccc2)c(OC)c1. The molecular formula is C35H42N2O7. The molecule has 3 aromatic carbocycles. The zero-order valence-corrected chi connectivity index (χ0v) is 26.2. The van der Waals surface area contributed by atoms with Crippen LogP contribution in [0.25, 0.3) is 0 Å². The molecule has 0 saturated carbocycles. The van der Waals surface area contributed by atoms with Gasteiger partial charge in [-0.3, -0.25) is 10.4 Å². The molecule has 1 heterocycles. The molecule has 9 heteroatoms. The number of rotatable bonds is 13. The Morgan fingerprint density at radius 2 is 1.52 bits per heavy atom. The lowest BCUT2D eigenvalue weighted by molar-refractivity contribution is -0.222. The summed E-state index contributed by atoms with van der Waals surface area (Å²) in [6.07, 6.45) is 2.82. The van der Waals surface area contributed by atoms with Crippen LogP contribution < -0.4 is 14.9 Å². The number of nitrogens with zero attached hydrogens (tertiary/aromatic N) is 1. The first-order chi connectivity index (χ1) is 21.0. The van der Waals surface area contributed by atoms with Crippen LogP contribution in [0.15, 0.2) is 84.6 Å². The molecule has 4 rings (SSSR count). The van der Waals surface area contributed by atoms with E-state index < -0.39 is 23.8 Å². The zero-order chi connectivity index (χ0) is 31.9. The van der Waals surface area contributed by atoms with Crippen molar-refractivity contribution in [2.45, 2.75) is 52.4 Å². The third-order valence-electron chi connectivity index (χ3n) is 7.33. The van der Waals surface area contributed by atoms with Gasteiger partial charge >= 0.3 is 11.9 Å². The minimum atomic E-state index is -1.39. The minimum Gasteiger partial charge on any atom is -0.497 e. The average molecular weight is 603 g/mol. The van der Waals surface area contributed by atoms with Crippen LogP contribution in [-0.2, 0) is 31.9 Å². The number of aliphatic hydroxyl groups excluding tert-OH is 1. The van der Waals surface area contributed by atoms with Crippen LogP contribution in [-0.4, -0.2) is 48.7 Å². The second-order valence-corrected chi connectivity index (χ2v) is 11.7. The first-order valence-corrected chi connectivity index (χ1v) is 14.7. The molecule has 3 aromatic rings. The van der Waals surface area contributed by atoms with E-state index in [0.29, 0.717) is 29.5 Å². The van der Waals surface area contributed by atoms with E-state index in [9.17, 15) is 14.7 Å². The molecule has 0 bridgehead atoms. The summed E-state index contributed by atoms with van der Waals surface area (Å²) in [7, 11) is 3.10. The van der Waals surface area contributed by atoms with Gasteiger partial charge in [-0.25, -0.2) is 9.59 Å². The first-order valence-electron chi connectivity index (χ1n) is 14.7. The van der Waals surface area contributed by atoms with Crippen molar-refractivity contribution in [2.75, 3.05) is 26.3 Å². The lowest BCUT2D eigenvalue weighted by Gasteiger charge is -2.38. The summed E-state index contributed by atoms with van der Waals surface area (Å²) in [5.41, 5.74) is 6.68. The molecule has 44 heavy (non-hydrogen) atoms. The Morgan fingerprint density at radius 3 is 2.09 bits per heavy atom. The van der Waals surface area contributed by atoms with E-state index in [4.69, 9.17) is 18.9 Å². The topological polar surface area (TPSA) is 107 Å². The molecular weight excluding hydrogens is 560 g/mol. The molecule has 1 aliphatic heterocycles. The van der Waals surface area contributed by atoms with Crippen molar-refractivity contribution in [3.05, 3.63) is 101 Å². The van der Waals surface area contributed by atoms with Gasteiger partial charge in [-0.2, -0.15) is 0 Å². The van der Waals surface area contributed by atoms with E-state index in [-0.39, 0.29) is 18.1 Å². The second kappa shape index (κ2) is 14.3. The molecule has 0 unspecified atom stereocenters. The van der Waals surface area contributed by atoms with E-state index in [2.05, 4.69) is 31.4 Å². The fraction of sp³-hybridized carbons (Fsp3) is 0.371. The van der Waals surface area contributed by atoms with Crippen LogP contribution in [0, 0.1) is 11.8 Å². The highest BCUT2D eigenvalue weighted by Gasteiger charge is 2.40. The molecule has 234 valence electrons. The summed E-state index contributed by atoms with van der Waals surface area (Å²) in [5, 5.41) is 12.5. The Labute approximate surface area is 259 Å². The molecule has 1 aliphatic rings. The predicted octanol–water partition coefficient (Wildman–Crippen LogP) is 5.84. The molecule has 1 fully saturated rings. The molecule has 2 N–H and O–H groups in total. The fourth-order valence-corrected chi connectivity index (χ4v) is 5.29. The number of carbonyl (C=O) groups excluding carboxylic acids is 2. The summed E-state index contributed by atoms with van der Waals surface area (Å²) in [6.45, 7) is 7.16. The Bertz CT molecular complexity index is 1430. The van der Waals surface area contributed by atoms with Gasteiger partial charge in [0.05, 0.1) is 25.9 Å². The molecule has 9 nitrogen and oxygen atoms in total. The predicted molar refractivity (Wildman–Crippen MR) is 168 cm³/mol. The highest BCUT2D eigenvalue weighted by Crippen LogP contribution is 2.37. The van der Waals surface area contributed by atoms with Crippen molar-refractivity contribution in [3.8, 4) is 11.5 Å². The number of anilines is 1. The van der Waals surface area contributed by atoms with Gasteiger partial charge in [-0.05, 0) is 47.6 Å². The van der Waals surface area contributed by atoms with Crippen molar-refractivity contribution in [1.82, 2.24) is 5.01 Å². The maximum Gasteiger partial charge on any atom is 0.350 e. The molecule has 0 aromatic heterocycles. The standard InChI is InChI=1S/C35H42N2O7/c1-23(2)18-25-12-14-26(15-13-25)32(27(22-38)19-24-10-8-7-9-11-24)37(21-29-33(39)43-35(3,4)44-34(29)40)36-30-17-16-28(41-5)20-31(30)42-6/h7-17,20-21,23,27,32,36,38H,18-19,22H2,1-6H3/t27-,32-/m0/s1. The van der Waals surface area contributed by atoms with Gasteiger partial charge < -0.3 is 24.1 Å². The third kappa shape index (κ3) is 8.11. The number of hydrogen-bond acceptors (Lipinski definition) is 9. The summed E-state index contributed by atoms with van der Waals surface area (Å²) in [4.78, 5) is 26.2. The molecule has 0 amide bonds. The van der Waals surface area contributed by atoms with Gasteiger partial charge in [0.2, 0.25) is 0 Å². The Morgan fingerprint density at radius 1 is 0.886 bits per heavy atom. The van der Waals surface area contributed by atoms with Crippen LogP contribution in [0.1, 0.15) is 50.4 Å². The number of nitrogens with one attached hydrogen (secondary N) is 1. The van der Waals surface area contributed by atoms with Crippen LogP contribution >= 0.6 is 0 Å². The van der Waals surface area contributed by atoms with Gasteiger partial charge in [0, 0.05) is 38.6 Å². The number of methoxy groups -OCH3 is 2. The van der Waals surface area contributed by atoms with Crippen molar-refractivity contribution in [3.63, 3.8) is 0 Å². The number of hydrogen-bond donors (Lipinski definition) is 2. The van der Waals surface area contributed by atoms with Crippen LogP contribution in [0.3, 0.4) is 0 Å². The lowest BCUT2D eigenvalue weighted by Crippen LogP contribution is -2.44. The normalized spacial score (nSPS) is 15.6. The summed E-state index contributed by atoms with van der Waals surface area (Å²) in [6, 6.07) is 22.8. The maximum atomic E-state index is 13.1. The quantitative estimate of drug-likeness (QED) is 0.108. The van der Waals surface area contributed by atoms with Crippen molar-refractivity contribution in [1.29, 1.82) is 0 Å². The number of benzene rings is 3. The molecule has 0 radical (unpaired) electrons. The molecule has 2 atom stereocenters. The van der Waals surface area contributed by atoms with Crippen LogP contribution in [0.4, 0.5) is 5.69 Å². The Hall–Kier alpha value is -4.50. The monoisotopic (exact) mass is 602 g/mol. The van der Waals surface area contributed by atoms with Gasteiger partial charge in [-0.1, -0.05) is 68.4 Å². The number of cyclic esters (lactones) is 2. The number of esters is 2. The summed E-state index contributed by atoms with van der Waals surface area (Å²) in [5.74, 6) is -1.85. The van der Waals surface area contributed by atoms with Gasteiger partial charge in [0.15, 0.2) is 5.57 Å². The highest BCUT2D eigenvalue weighted by atomic mass is 16.7. The van der Waals surface area contributed by atoms with E-state index in [0.717, 1.165) is 17.5 Å². The molecule has 1 saturated heterocycles. The summed E-state index contributed by atoms with van der Waals surface area (Å²) < 4.78 is 21.8. The molecule has 0 aliphatic carbocycles. The van der Waals surface area contributed by atoms with E-state index >= 15 is 0 Å². The largest absolute Gasteiger partial charge is 0.497 e. The second-order valence-electron chi connectivity index (χ2n) is 11.7. The Kier molecular flexibility index (Phi) is 10.5. The van der Waals surface area contributed by atoms with Crippen molar-refractivity contribution >= 4 is 17.6 Å². The van der Waals surface area contributed by atoms with E-state index in [1.807, 2.05) is 42.5 Å². The van der Waals surface area contributed by atoms with Gasteiger partial charge in [0.25, 0.3) is 5.79 Å². The lowest BCUT2D eigenvalue weighted by atomic mass is 9.87. The number of aliphatic hydroxyl groups is 1. The first kappa shape index (κ1) is 32.4. The third-order valence-corrected chi connectivity index (χ3v) is 7.33. The molecule has 0 spiro atoms. The maximum absolute atomic E-state index is 13.1. The summed E-state index contributed by atoms with van der Waals surface area (Å²) >= 11 is 0. The Balaban J connectivity index is 1.87. The van der Waals surface area contributed by atoms with Crippen molar-refractivity contribution < 1.29 is 33.6 Å². The van der Waals surface area contributed by atoms with Gasteiger partial charge in [0.1, 0.15) is 11.5 Å². The highest BCUT2D eigenvalue weighted by molar-refractivity contribution is 6.15. The average Bonchev–Trinajstić information content (AvgIpc) is 2.99. The zero-order valence-electron chi connectivity index (χ0n) is 26.2. The number of ether oxygens (including phenoxy) is 4. The number of hydrazine groups is 1.